The molecule has 2 amide bonds. The van der Waals surface area contributed by atoms with Gasteiger partial charge in [-0.25, -0.2) is 0 Å². The Bertz CT molecular complexity index is 543. The lowest BCUT2D eigenvalue weighted by Gasteiger charge is -2.26. The van der Waals surface area contributed by atoms with Gasteiger partial charge >= 0.3 is 0 Å². The zero-order chi connectivity index (χ0) is 15.4. The average Bonchev–Trinajstić information content (AvgIpc) is 2.47. The molecule has 1 N–H and O–H groups in total. The topological polar surface area (TPSA) is 61.9 Å². The van der Waals surface area contributed by atoms with E-state index in [1.54, 1.807) is 25.2 Å². The summed E-state index contributed by atoms with van der Waals surface area (Å²) in [7, 11) is 5.68. The molecule has 1 aliphatic rings. The van der Waals surface area contributed by atoms with Crippen molar-refractivity contribution in [3.05, 3.63) is 23.8 Å². The van der Waals surface area contributed by atoms with E-state index in [0.717, 1.165) is 13.0 Å². The monoisotopic (exact) mass is 291 g/mol. The van der Waals surface area contributed by atoms with Crippen molar-refractivity contribution >= 4 is 17.5 Å². The van der Waals surface area contributed by atoms with Crippen LogP contribution in [0.25, 0.3) is 0 Å². The van der Waals surface area contributed by atoms with Gasteiger partial charge in [0.25, 0.3) is 11.8 Å². The normalized spacial score (nSPS) is 13.9. The van der Waals surface area contributed by atoms with Gasteiger partial charge in [-0.15, -0.1) is 0 Å². The molecule has 114 valence electrons. The SMILES string of the molecule is CN(C)CCCNC(=O)c1ccc2c(c1)N(C)C(=O)CO2. The molecular weight excluding hydrogens is 270 g/mol. The second kappa shape index (κ2) is 6.58. The van der Waals surface area contributed by atoms with Crippen molar-refractivity contribution in [2.75, 3.05) is 45.7 Å². The summed E-state index contributed by atoms with van der Waals surface area (Å²) in [6, 6.07) is 5.13. The maximum Gasteiger partial charge on any atom is 0.264 e. The van der Waals surface area contributed by atoms with E-state index >= 15 is 0 Å². The van der Waals surface area contributed by atoms with E-state index in [1.165, 1.54) is 4.90 Å². The fourth-order valence-corrected chi connectivity index (χ4v) is 2.11. The second-order valence-corrected chi connectivity index (χ2v) is 5.34. The highest BCUT2D eigenvalue weighted by Crippen LogP contribution is 2.31. The molecule has 0 aliphatic carbocycles. The number of benzene rings is 1. The Kier molecular flexibility index (Phi) is 4.80. The quantitative estimate of drug-likeness (QED) is 0.812. The Hall–Kier alpha value is -2.08. The molecule has 0 aromatic heterocycles. The Morgan fingerprint density at radius 3 is 2.90 bits per heavy atom. The molecule has 6 nitrogen and oxygen atoms in total. The lowest BCUT2D eigenvalue weighted by molar-refractivity contribution is -0.120. The summed E-state index contributed by atoms with van der Waals surface area (Å²) in [6.07, 6.45) is 0.894. The van der Waals surface area contributed by atoms with Gasteiger partial charge in [0, 0.05) is 19.2 Å². The fourth-order valence-electron chi connectivity index (χ4n) is 2.11. The van der Waals surface area contributed by atoms with Gasteiger partial charge in [-0.2, -0.15) is 0 Å². The number of fused-ring (bicyclic) bond motifs is 1. The fraction of sp³-hybridized carbons (Fsp3) is 0.467. The Morgan fingerprint density at radius 1 is 1.43 bits per heavy atom. The second-order valence-electron chi connectivity index (χ2n) is 5.34. The molecule has 0 spiro atoms. The van der Waals surface area contributed by atoms with Gasteiger partial charge in [-0.1, -0.05) is 0 Å². The number of nitrogens with one attached hydrogen (secondary N) is 1. The van der Waals surface area contributed by atoms with Crippen LogP contribution in [0.1, 0.15) is 16.8 Å². The Morgan fingerprint density at radius 2 is 2.19 bits per heavy atom. The number of nitrogens with zero attached hydrogens (tertiary/aromatic N) is 2. The molecule has 0 fully saturated rings. The number of anilines is 1. The summed E-state index contributed by atoms with van der Waals surface area (Å²) in [5, 5.41) is 2.88. The highest BCUT2D eigenvalue weighted by atomic mass is 16.5. The van der Waals surface area contributed by atoms with Crippen LogP contribution in [0.5, 0.6) is 5.75 Å². The van der Waals surface area contributed by atoms with Crippen LogP contribution in [0.2, 0.25) is 0 Å². The minimum absolute atomic E-state index is 0.0412. The maximum atomic E-state index is 12.1. The summed E-state index contributed by atoms with van der Waals surface area (Å²) in [6.45, 7) is 1.59. The average molecular weight is 291 g/mol. The number of carbonyl (C=O) groups excluding carboxylic acids is 2. The molecule has 0 radical (unpaired) electrons. The molecule has 2 rings (SSSR count). The molecule has 1 aromatic rings. The highest BCUT2D eigenvalue weighted by Gasteiger charge is 2.23. The number of ether oxygens (including phenoxy) is 1. The molecule has 0 atom stereocenters. The predicted molar refractivity (Wildman–Crippen MR) is 80.9 cm³/mol. The van der Waals surface area contributed by atoms with E-state index in [0.29, 0.717) is 23.5 Å². The van der Waals surface area contributed by atoms with Crippen LogP contribution >= 0.6 is 0 Å². The number of likely N-dealkylation sites (N-methyl/N-ethyl adjacent to an activating group) is 1. The largest absolute Gasteiger partial charge is 0.482 e. The molecule has 0 saturated heterocycles. The number of hydrogen-bond acceptors (Lipinski definition) is 4. The molecule has 1 aromatic carbocycles. The van der Waals surface area contributed by atoms with E-state index in [1.807, 2.05) is 14.1 Å². The van der Waals surface area contributed by atoms with Crippen LogP contribution in [0.15, 0.2) is 18.2 Å². The van der Waals surface area contributed by atoms with Crippen LogP contribution < -0.4 is 15.0 Å². The first-order chi connectivity index (χ1) is 9.99. The van der Waals surface area contributed by atoms with Crippen molar-refractivity contribution in [1.29, 1.82) is 0 Å². The zero-order valence-electron chi connectivity index (χ0n) is 12.7. The lowest BCUT2D eigenvalue weighted by atomic mass is 10.1. The van der Waals surface area contributed by atoms with E-state index < -0.39 is 0 Å². The molecule has 21 heavy (non-hydrogen) atoms. The summed E-state index contributed by atoms with van der Waals surface area (Å²) in [4.78, 5) is 27.3. The van der Waals surface area contributed by atoms with E-state index in [4.69, 9.17) is 4.74 Å². The molecule has 0 unspecified atom stereocenters. The summed E-state index contributed by atoms with van der Waals surface area (Å²) in [5.41, 5.74) is 1.16. The van der Waals surface area contributed by atoms with Gasteiger partial charge in [0.2, 0.25) is 0 Å². The van der Waals surface area contributed by atoms with Crippen molar-refractivity contribution in [3.8, 4) is 5.75 Å². The third-order valence-electron chi connectivity index (χ3n) is 3.38. The van der Waals surface area contributed by atoms with Crippen molar-refractivity contribution in [3.63, 3.8) is 0 Å². The summed E-state index contributed by atoms with van der Waals surface area (Å²) in [5.74, 6) is 0.371. The Labute approximate surface area is 124 Å². The van der Waals surface area contributed by atoms with Crippen LogP contribution in [0.3, 0.4) is 0 Å². The van der Waals surface area contributed by atoms with Gasteiger partial charge < -0.3 is 19.9 Å². The number of carbonyl (C=O) groups is 2. The van der Waals surface area contributed by atoms with Crippen LogP contribution in [-0.4, -0.2) is 57.6 Å². The number of amides is 2. The van der Waals surface area contributed by atoms with Gasteiger partial charge in [0.15, 0.2) is 6.61 Å². The predicted octanol–water partition coefficient (Wildman–Crippen LogP) is 0.723. The molecule has 0 saturated carbocycles. The molecule has 1 heterocycles. The Balaban J connectivity index is 2.01. The van der Waals surface area contributed by atoms with E-state index in [-0.39, 0.29) is 18.4 Å². The zero-order valence-corrected chi connectivity index (χ0v) is 12.7. The van der Waals surface area contributed by atoms with Gasteiger partial charge in [0.1, 0.15) is 5.75 Å². The van der Waals surface area contributed by atoms with Crippen LogP contribution in [0, 0.1) is 0 Å². The number of hydrogen-bond donors (Lipinski definition) is 1. The van der Waals surface area contributed by atoms with E-state index in [9.17, 15) is 9.59 Å². The lowest BCUT2D eigenvalue weighted by Crippen LogP contribution is -2.35. The van der Waals surface area contributed by atoms with Crippen molar-refractivity contribution < 1.29 is 14.3 Å². The first-order valence-corrected chi connectivity index (χ1v) is 6.95. The molecular formula is C15H21N3O3. The first kappa shape index (κ1) is 15.3. The molecule has 0 bridgehead atoms. The standard InChI is InChI=1S/C15H21N3O3/c1-17(2)8-4-7-16-15(20)11-5-6-13-12(9-11)18(3)14(19)10-21-13/h5-6,9H,4,7-8,10H2,1-3H3,(H,16,20). The van der Waals surface area contributed by atoms with Crippen molar-refractivity contribution in [2.24, 2.45) is 0 Å². The van der Waals surface area contributed by atoms with Crippen molar-refractivity contribution in [1.82, 2.24) is 10.2 Å². The number of rotatable bonds is 5. The minimum Gasteiger partial charge on any atom is -0.482 e. The van der Waals surface area contributed by atoms with Gasteiger partial charge in [0.05, 0.1) is 5.69 Å². The van der Waals surface area contributed by atoms with Crippen molar-refractivity contribution in [2.45, 2.75) is 6.42 Å². The maximum absolute atomic E-state index is 12.1. The minimum atomic E-state index is -0.136. The van der Waals surface area contributed by atoms with Gasteiger partial charge in [-0.05, 0) is 45.3 Å². The highest BCUT2D eigenvalue weighted by molar-refractivity contribution is 6.00. The summed E-state index contributed by atoms with van der Waals surface area (Å²) >= 11 is 0. The molecule has 6 heteroatoms. The third kappa shape index (κ3) is 3.72. The summed E-state index contributed by atoms with van der Waals surface area (Å²) < 4.78 is 5.34. The van der Waals surface area contributed by atoms with E-state index in [2.05, 4.69) is 10.2 Å². The molecule has 1 aliphatic heterocycles. The van der Waals surface area contributed by atoms with Crippen LogP contribution in [-0.2, 0) is 4.79 Å². The van der Waals surface area contributed by atoms with Gasteiger partial charge in [-0.3, -0.25) is 9.59 Å². The smallest absolute Gasteiger partial charge is 0.264 e. The van der Waals surface area contributed by atoms with Crippen LogP contribution in [0.4, 0.5) is 5.69 Å². The third-order valence-corrected chi connectivity index (χ3v) is 3.38. The first-order valence-electron chi connectivity index (χ1n) is 6.95.